The number of nitrogens with two attached hydrogens (primary N) is 1. The molecule has 1 unspecified atom stereocenters. The Balaban J connectivity index is 0.00000364. The fourth-order valence-corrected chi connectivity index (χ4v) is 3.28. The summed E-state index contributed by atoms with van der Waals surface area (Å²) in [5, 5.41) is 18.5. The Labute approximate surface area is 159 Å². The van der Waals surface area contributed by atoms with Crippen LogP contribution in [0.15, 0.2) is 47.4 Å². The van der Waals surface area contributed by atoms with E-state index in [2.05, 4.69) is 5.32 Å². The van der Waals surface area contributed by atoms with E-state index in [1.165, 1.54) is 6.07 Å². The summed E-state index contributed by atoms with van der Waals surface area (Å²) in [6.07, 6.45) is -0.859. The van der Waals surface area contributed by atoms with Crippen molar-refractivity contribution in [3.05, 3.63) is 53.6 Å². The normalized spacial score (nSPS) is 12.1. The van der Waals surface area contributed by atoms with Gasteiger partial charge < -0.3 is 25.4 Å². The molecule has 0 aromatic heterocycles. The van der Waals surface area contributed by atoms with Gasteiger partial charge in [0.1, 0.15) is 6.61 Å². The summed E-state index contributed by atoms with van der Waals surface area (Å²) in [7, 11) is -2.24. The van der Waals surface area contributed by atoms with Gasteiger partial charge in [-0.2, -0.15) is 0 Å². The van der Waals surface area contributed by atoms with E-state index in [1.54, 1.807) is 26.2 Å². The number of sulfonamides is 1. The molecule has 2 aromatic carbocycles. The van der Waals surface area contributed by atoms with E-state index < -0.39 is 16.1 Å². The molecule has 0 heterocycles. The molecule has 9 heteroatoms. The first kappa shape index (κ1) is 22.9. The Morgan fingerprint density at radius 3 is 2.48 bits per heavy atom. The molecule has 27 heavy (non-hydrogen) atoms. The summed E-state index contributed by atoms with van der Waals surface area (Å²) in [5.74, 6) is 1.30. The number of primary sulfonamides is 1. The highest BCUT2D eigenvalue weighted by molar-refractivity contribution is 7.89. The van der Waals surface area contributed by atoms with Gasteiger partial charge in [-0.3, -0.25) is 0 Å². The monoisotopic (exact) mass is 398 g/mol. The molecule has 0 amide bonds. The number of nitrogens with one attached hydrogen (secondary N) is 1. The van der Waals surface area contributed by atoms with E-state index in [0.29, 0.717) is 35.8 Å². The second-order valence-electron chi connectivity index (χ2n) is 5.79. The van der Waals surface area contributed by atoms with Crippen LogP contribution < -0.4 is 19.9 Å². The number of aliphatic hydroxyl groups excluding tert-OH is 1. The molecule has 2 rings (SSSR count). The molecule has 1 atom stereocenters. The first-order valence-corrected chi connectivity index (χ1v) is 9.65. The quantitative estimate of drug-likeness (QED) is 0.526. The molecule has 6 N–H and O–H groups in total. The standard InChI is InChI=1S/C18H24N2O5S.H2O/c1-13-7-8-14(11-18(13)26(19,22)23)15(21)12-20-9-10-25-17-6-4-3-5-16(17)24-2;/h3-8,11,15,20-21H,9-10,12H2,1-2H3,(H2,19,22,23);1H2. The van der Waals surface area contributed by atoms with Crippen LogP contribution in [0.5, 0.6) is 11.5 Å². The van der Waals surface area contributed by atoms with E-state index in [4.69, 9.17) is 14.6 Å². The molecule has 0 radical (unpaired) electrons. The first-order chi connectivity index (χ1) is 12.3. The largest absolute Gasteiger partial charge is 0.493 e. The summed E-state index contributed by atoms with van der Waals surface area (Å²) in [6.45, 7) is 2.80. The second-order valence-corrected chi connectivity index (χ2v) is 7.32. The molecule has 8 nitrogen and oxygen atoms in total. The highest BCUT2D eigenvalue weighted by Gasteiger charge is 2.15. The number of benzene rings is 2. The molecule has 2 aromatic rings. The van der Waals surface area contributed by atoms with E-state index in [0.717, 1.165) is 0 Å². The van der Waals surface area contributed by atoms with Crippen molar-refractivity contribution in [1.29, 1.82) is 0 Å². The van der Waals surface area contributed by atoms with Gasteiger partial charge >= 0.3 is 0 Å². The summed E-state index contributed by atoms with van der Waals surface area (Å²) in [4.78, 5) is 0.0218. The van der Waals surface area contributed by atoms with Crippen LogP contribution in [0.2, 0.25) is 0 Å². The fraction of sp³-hybridized carbons (Fsp3) is 0.333. The zero-order chi connectivity index (χ0) is 19.2. The van der Waals surface area contributed by atoms with Gasteiger partial charge in [0.25, 0.3) is 0 Å². The number of aliphatic hydroxyl groups is 1. The molecule has 0 aliphatic carbocycles. The van der Waals surface area contributed by atoms with Gasteiger partial charge in [-0.1, -0.05) is 24.3 Å². The average molecular weight is 398 g/mol. The second kappa shape index (κ2) is 10.2. The van der Waals surface area contributed by atoms with Gasteiger partial charge in [-0.05, 0) is 36.2 Å². The van der Waals surface area contributed by atoms with Crippen LogP contribution in [0.4, 0.5) is 0 Å². The molecule has 0 aliphatic heterocycles. The van der Waals surface area contributed by atoms with Crippen LogP contribution in [0.25, 0.3) is 0 Å². The molecule has 0 saturated carbocycles. The van der Waals surface area contributed by atoms with Crippen molar-refractivity contribution >= 4 is 10.0 Å². The molecular weight excluding hydrogens is 372 g/mol. The minimum absolute atomic E-state index is 0. The molecule has 0 spiro atoms. The molecular formula is C18H26N2O6S. The van der Waals surface area contributed by atoms with Crippen molar-refractivity contribution in [2.24, 2.45) is 5.14 Å². The van der Waals surface area contributed by atoms with E-state index >= 15 is 0 Å². The van der Waals surface area contributed by atoms with E-state index in [-0.39, 0.29) is 16.9 Å². The molecule has 150 valence electrons. The summed E-state index contributed by atoms with van der Waals surface area (Å²) >= 11 is 0. The third-order valence-corrected chi connectivity index (χ3v) is 4.90. The predicted molar refractivity (Wildman–Crippen MR) is 102 cm³/mol. The van der Waals surface area contributed by atoms with Gasteiger partial charge in [0, 0.05) is 13.1 Å². The predicted octanol–water partition coefficient (Wildman–Crippen LogP) is 0.528. The van der Waals surface area contributed by atoms with Gasteiger partial charge in [-0.15, -0.1) is 0 Å². The highest BCUT2D eigenvalue weighted by Crippen LogP contribution is 2.25. The van der Waals surface area contributed by atoms with Crippen LogP contribution in [-0.2, 0) is 10.0 Å². The smallest absolute Gasteiger partial charge is 0.238 e. The van der Waals surface area contributed by atoms with Crippen molar-refractivity contribution < 1.29 is 28.5 Å². The van der Waals surface area contributed by atoms with Gasteiger partial charge in [-0.25, -0.2) is 13.6 Å². The van der Waals surface area contributed by atoms with E-state index in [1.807, 2.05) is 24.3 Å². The number of rotatable bonds is 9. The first-order valence-electron chi connectivity index (χ1n) is 8.11. The van der Waals surface area contributed by atoms with Crippen molar-refractivity contribution in [1.82, 2.24) is 5.32 Å². The van der Waals surface area contributed by atoms with Gasteiger partial charge in [0.05, 0.1) is 18.1 Å². The van der Waals surface area contributed by atoms with Crippen molar-refractivity contribution in [3.63, 3.8) is 0 Å². The minimum atomic E-state index is -3.82. The summed E-state index contributed by atoms with van der Waals surface area (Å²) < 4.78 is 34.0. The maximum absolute atomic E-state index is 11.6. The lowest BCUT2D eigenvalue weighted by Gasteiger charge is -2.15. The lowest BCUT2D eigenvalue weighted by atomic mass is 10.1. The van der Waals surface area contributed by atoms with Crippen LogP contribution in [0.3, 0.4) is 0 Å². The third-order valence-electron chi connectivity index (χ3n) is 3.85. The SMILES string of the molecule is COc1ccccc1OCCNCC(O)c1ccc(C)c(S(N)(=O)=O)c1.O. The summed E-state index contributed by atoms with van der Waals surface area (Å²) in [5.41, 5.74) is 1.03. The Bertz CT molecular complexity index is 841. The number of hydrogen-bond acceptors (Lipinski definition) is 6. The van der Waals surface area contributed by atoms with Crippen LogP contribution in [0.1, 0.15) is 17.2 Å². The van der Waals surface area contributed by atoms with Gasteiger partial charge in [0.2, 0.25) is 10.0 Å². The van der Waals surface area contributed by atoms with Crippen molar-refractivity contribution in [2.75, 3.05) is 26.8 Å². The number of aryl methyl sites for hydroxylation is 1. The van der Waals surface area contributed by atoms with Gasteiger partial charge in [0.15, 0.2) is 11.5 Å². The zero-order valence-corrected chi connectivity index (χ0v) is 16.1. The number of hydrogen-bond donors (Lipinski definition) is 3. The molecule has 0 aliphatic rings. The maximum Gasteiger partial charge on any atom is 0.238 e. The van der Waals surface area contributed by atoms with Crippen LogP contribution in [-0.4, -0.2) is 45.8 Å². The summed E-state index contributed by atoms with van der Waals surface area (Å²) in [6, 6.07) is 12.1. The van der Waals surface area contributed by atoms with Crippen LogP contribution in [0, 0.1) is 6.92 Å². The number of para-hydroxylation sites is 2. The third kappa shape index (κ3) is 6.49. The Hall–Kier alpha value is -2.17. The molecule has 0 saturated heterocycles. The van der Waals surface area contributed by atoms with Crippen molar-refractivity contribution in [2.45, 2.75) is 17.9 Å². The lowest BCUT2D eigenvalue weighted by Crippen LogP contribution is -2.26. The molecule has 0 fully saturated rings. The Morgan fingerprint density at radius 2 is 1.85 bits per heavy atom. The molecule has 0 bridgehead atoms. The van der Waals surface area contributed by atoms with Crippen LogP contribution >= 0.6 is 0 Å². The number of methoxy groups -OCH3 is 1. The Kier molecular flexibility index (Phi) is 8.67. The number of ether oxygens (including phenoxy) is 2. The zero-order valence-electron chi connectivity index (χ0n) is 15.3. The average Bonchev–Trinajstić information content (AvgIpc) is 2.61. The Morgan fingerprint density at radius 1 is 1.19 bits per heavy atom. The van der Waals surface area contributed by atoms with Crippen molar-refractivity contribution in [3.8, 4) is 11.5 Å². The lowest BCUT2D eigenvalue weighted by molar-refractivity contribution is 0.171. The maximum atomic E-state index is 11.6. The minimum Gasteiger partial charge on any atom is -0.493 e. The topological polar surface area (TPSA) is 142 Å². The highest BCUT2D eigenvalue weighted by atomic mass is 32.2. The van der Waals surface area contributed by atoms with E-state index in [9.17, 15) is 13.5 Å². The fourth-order valence-electron chi connectivity index (χ4n) is 2.46.